The Morgan fingerprint density at radius 3 is 2.66 bits per heavy atom. The largest absolute Gasteiger partial charge is 0.361 e. The van der Waals surface area contributed by atoms with Gasteiger partial charge < -0.3 is 9.88 Å². The highest BCUT2D eigenvalue weighted by molar-refractivity contribution is 7.90. The van der Waals surface area contributed by atoms with Crippen LogP contribution in [0, 0.1) is 11.2 Å². The number of sulfone groups is 1. The maximum atomic E-state index is 15.0. The molecule has 0 spiro atoms. The summed E-state index contributed by atoms with van der Waals surface area (Å²) in [5.74, 6) is -0.837. The number of aromatic amines is 1. The Kier molecular flexibility index (Phi) is 4.80. The lowest BCUT2D eigenvalue weighted by Crippen LogP contribution is -2.62. The molecule has 3 heterocycles. The van der Waals surface area contributed by atoms with Crippen molar-refractivity contribution >= 4 is 26.6 Å². The molecule has 1 amide bonds. The molecule has 2 aliphatic heterocycles. The molecule has 158 valence electrons. The van der Waals surface area contributed by atoms with Gasteiger partial charge in [0, 0.05) is 41.9 Å². The second kappa shape index (κ2) is 6.83. The number of rotatable bonds is 5. The average Bonchev–Trinajstić information content (AvgIpc) is 3.04. The predicted octanol–water partition coefficient (Wildman–Crippen LogP) is 4.38. The number of hydrogen-bond acceptors (Lipinski definition) is 3. The molecule has 2 aromatic rings. The van der Waals surface area contributed by atoms with Gasteiger partial charge in [0.25, 0.3) is 0 Å². The van der Waals surface area contributed by atoms with E-state index in [1.807, 2.05) is 6.92 Å². The minimum Gasteiger partial charge on any atom is -0.361 e. The van der Waals surface area contributed by atoms with Crippen molar-refractivity contribution < 1.29 is 17.6 Å². The summed E-state index contributed by atoms with van der Waals surface area (Å²) in [6.45, 7) is 6.35. The summed E-state index contributed by atoms with van der Waals surface area (Å²) in [5, 5.41) is 0.273. The lowest BCUT2D eigenvalue weighted by Gasteiger charge is -2.60. The first kappa shape index (κ1) is 20.4. The minimum absolute atomic E-state index is 0.116. The van der Waals surface area contributed by atoms with Crippen molar-refractivity contribution in [1.29, 1.82) is 0 Å². The Morgan fingerprint density at radius 1 is 1.34 bits per heavy atom. The molecule has 29 heavy (non-hydrogen) atoms. The summed E-state index contributed by atoms with van der Waals surface area (Å²) in [5.41, 5.74) is 1.58. The SMILES string of the molecule is CCC1CC2(C)CC(C2)N1C(=O)CC(C)c1c[nH]c2ccc(S(C)(=O)=O)c(F)c12. The van der Waals surface area contributed by atoms with E-state index in [4.69, 9.17) is 0 Å². The highest BCUT2D eigenvalue weighted by atomic mass is 32.2. The average molecular weight is 421 g/mol. The topological polar surface area (TPSA) is 70.2 Å². The highest BCUT2D eigenvalue weighted by Crippen LogP contribution is 2.53. The zero-order valence-corrected chi connectivity index (χ0v) is 18.3. The highest BCUT2D eigenvalue weighted by Gasteiger charge is 2.52. The van der Waals surface area contributed by atoms with E-state index >= 15 is 4.39 Å². The number of fused-ring (bicyclic) bond motifs is 3. The standard InChI is InChI=1S/C22H29FN2O3S/c1-5-14-9-22(3)10-15(11-22)25(14)19(26)8-13(2)16-12-24-17-6-7-18(29(4,27)28)21(23)20(16)17/h6-7,12-15,24H,5,8-11H2,1-4H3. The number of carbonyl (C=O) groups excluding carboxylic acids is 1. The molecule has 3 aliphatic rings. The molecular weight excluding hydrogens is 391 g/mol. The van der Waals surface area contributed by atoms with Crippen molar-refractivity contribution in [2.24, 2.45) is 5.41 Å². The molecule has 1 N–H and O–H groups in total. The van der Waals surface area contributed by atoms with Crippen LogP contribution in [-0.4, -0.2) is 42.5 Å². The number of halogens is 1. The lowest BCUT2D eigenvalue weighted by atomic mass is 9.59. The van der Waals surface area contributed by atoms with Gasteiger partial charge in [0.2, 0.25) is 5.91 Å². The van der Waals surface area contributed by atoms with Crippen molar-refractivity contribution in [2.75, 3.05) is 6.26 Å². The fourth-order valence-corrected chi connectivity index (χ4v) is 6.24. The first-order valence-corrected chi connectivity index (χ1v) is 12.2. The summed E-state index contributed by atoms with van der Waals surface area (Å²) in [6, 6.07) is 3.48. The molecule has 2 bridgehead atoms. The molecule has 2 saturated heterocycles. The van der Waals surface area contributed by atoms with Crippen LogP contribution in [-0.2, 0) is 14.6 Å². The molecule has 1 saturated carbocycles. The van der Waals surface area contributed by atoms with E-state index < -0.39 is 15.7 Å². The van der Waals surface area contributed by atoms with Gasteiger partial charge in [-0.1, -0.05) is 20.8 Å². The third-order valence-electron chi connectivity index (χ3n) is 6.92. The van der Waals surface area contributed by atoms with Gasteiger partial charge in [-0.25, -0.2) is 12.8 Å². The van der Waals surface area contributed by atoms with E-state index in [1.165, 1.54) is 6.07 Å². The molecule has 5 rings (SSSR count). The van der Waals surface area contributed by atoms with Crippen LogP contribution in [0.5, 0.6) is 0 Å². The molecule has 7 heteroatoms. The summed E-state index contributed by atoms with van der Waals surface area (Å²) in [6.07, 6.45) is 7.15. The van der Waals surface area contributed by atoms with Gasteiger partial charge in [0.05, 0.1) is 0 Å². The second-order valence-corrected chi connectivity index (χ2v) is 11.3. The van der Waals surface area contributed by atoms with Crippen LogP contribution in [0.1, 0.15) is 64.4 Å². The quantitative estimate of drug-likeness (QED) is 0.780. The van der Waals surface area contributed by atoms with E-state index in [0.29, 0.717) is 29.0 Å². The van der Waals surface area contributed by atoms with Gasteiger partial charge in [0.1, 0.15) is 4.90 Å². The Hall–Kier alpha value is -1.89. The minimum atomic E-state index is -3.67. The van der Waals surface area contributed by atoms with E-state index in [-0.39, 0.29) is 28.1 Å². The van der Waals surface area contributed by atoms with Crippen molar-refractivity contribution in [3.05, 3.63) is 29.7 Å². The van der Waals surface area contributed by atoms with Gasteiger partial charge in [-0.05, 0) is 54.7 Å². The number of hydrogen-bond donors (Lipinski definition) is 1. The van der Waals surface area contributed by atoms with Gasteiger partial charge >= 0.3 is 0 Å². The molecule has 0 radical (unpaired) electrons. The summed E-state index contributed by atoms with van der Waals surface area (Å²) in [4.78, 5) is 18.0. The molecular formula is C22H29FN2O3S. The zero-order valence-electron chi connectivity index (χ0n) is 17.5. The van der Waals surface area contributed by atoms with Gasteiger partial charge in [-0.2, -0.15) is 0 Å². The van der Waals surface area contributed by atoms with Crippen LogP contribution in [0.25, 0.3) is 10.9 Å². The Bertz CT molecular complexity index is 1070. The van der Waals surface area contributed by atoms with Crippen LogP contribution in [0.15, 0.2) is 23.2 Å². The Morgan fingerprint density at radius 2 is 2.03 bits per heavy atom. The Labute approximate surface area is 171 Å². The van der Waals surface area contributed by atoms with E-state index in [9.17, 15) is 13.2 Å². The number of carbonyl (C=O) groups is 1. The monoisotopic (exact) mass is 420 g/mol. The number of aromatic nitrogens is 1. The number of piperidine rings is 2. The number of H-pyrrole nitrogens is 1. The number of amides is 1. The summed E-state index contributed by atoms with van der Waals surface area (Å²) < 4.78 is 38.9. The second-order valence-electron chi connectivity index (χ2n) is 9.36. The fourth-order valence-electron chi connectivity index (χ4n) is 5.49. The number of nitrogens with one attached hydrogen (secondary N) is 1. The van der Waals surface area contributed by atoms with E-state index in [1.54, 1.807) is 12.3 Å². The molecule has 1 aliphatic carbocycles. The third-order valence-corrected chi connectivity index (χ3v) is 8.04. The predicted molar refractivity (Wildman–Crippen MR) is 111 cm³/mol. The van der Waals surface area contributed by atoms with Crippen LogP contribution < -0.4 is 0 Å². The van der Waals surface area contributed by atoms with Crippen molar-refractivity contribution in [3.63, 3.8) is 0 Å². The molecule has 3 fully saturated rings. The third kappa shape index (κ3) is 3.37. The number of benzene rings is 1. The maximum absolute atomic E-state index is 15.0. The lowest BCUT2D eigenvalue weighted by molar-refractivity contribution is -0.155. The summed E-state index contributed by atoms with van der Waals surface area (Å²) >= 11 is 0. The number of nitrogens with zero attached hydrogens (tertiary/aromatic N) is 1. The molecule has 2 unspecified atom stereocenters. The van der Waals surface area contributed by atoms with Crippen molar-refractivity contribution in [1.82, 2.24) is 9.88 Å². The van der Waals surface area contributed by atoms with Gasteiger partial charge in [-0.3, -0.25) is 4.79 Å². The van der Waals surface area contributed by atoms with Crippen LogP contribution >= 0.6 is 0 Å². The van der Waals surface area contributed by atoms with Crippen LogP contribution in [0.4, 0.5) is 4.39 Å². The fraction of sp³-hybridized carbons (Fsp3) is 0.591. The first-order valence-electron chi connectivity index (χ1n) is 10.3. The molecule has 5 nitrogen and oxygen atoms in total. The van der Waals surface area contributed by atoms with Gasteiger partial charge in [-0.15, -0.1) is 0 Å². The molecule has 1 aromatic heterocycles. The Balaban J connectivity index is 1.61. The smallest absolute Gasteiger partial charge is 0.223 e. The first-order chi connectivity index (χ1) is 13.5. The van der Waals surface area contributed by atoms with Crippen LogP contribution in [0.2, 0.25) is 0 Å². The van der Waals surface area contributed by atoms with Crippen LogP contribution in [0.3, 0.4) is 0 Å². The van der Waals surface area contributed by atoms with Crippen molar-refractivity contribution in [2.45, 2.75) is 75.8 Å². The summed E-state index contributed by atoms with van der Waals surface area (Å²) in [7, 11) is -3.67. The van der Waals surface area contributed by atoms with Gasteiger partial charge in [0.15, 0.2) is 15.7 Å². The molecule has 1 aromatic carbocycles. The van der Waals surface area contributed by atoms with Crippen molar-refractivity contribution in [3.8, 4) is 0 Å². The normalized spacial score (nSPS) is 27.7. The molecule has 2 atom stereocenters. The van der Waals surface area contributed by atoms with E-state index in [0.717, 1.165) is 31.9 Å². The maximum Gasteiger partial charge on any atom is 0.223 e. The van der Waals surface area contributed by atoms with E-state index in [2.05, 4.69) is 23.7 Å². The zero-order chi connectivity index (χ0) is 21.1.